The first-order valence-electron chi connectivity index (χ1n) is 7.18. The fourth-order valence-electron chi connectivity index (χ4n) is 2.84. The molecule has 1 unspecified atom stereocenters. The molecule has 0 aromatic carbocycles. The Balaban J connectivity index is 2.05. The Morgan fingerprint density at radius 1 is 1.58 bits per heavy atom. The minimum atomic E-state index is 0.230. The molecule has 0 radical (unpaired) electrons. The minimum Gasteiger partial charge on any atom is -0.338 e. The van der Waals surface area contributed by atoms with Gasteiger partial charge >= 0.3 is 0 Å². The topological polar surface area (TPSA) is 32.3 Å². The number of carbonyl (C=O) groups is 1. The Morgan fingerprint density at radius 2 is 2.37 bits per heavy atom. The summed E-state index contributed by atoms with van der Waals surface area (Å²) < 4.78 is 0. The van der Waals surface area contributed by atoms with Gasteiger partial charge in [-0.1, -0.05) is 6.92 Å². The van der Waals surface area contributed by atoms with Crippen molar-refractivity contribution in [2.24, 2.45) is 5.92 Å². The number of carbonyl (C=O) groups excluding carboxylic acids is 1. The average molecular weight is 280 g/mol. The molecule has 1 aliphatic heterocycles. The number of aryl methyl sites for hydroxylation is 2. The number of rotatable bonds is 4. The van der Waals surface area contributed by atoms with E-state index in [2.05, 4.69) is 25.2 Å². The highest BCUT2D eigenvalue weighted by Gasteiger charge is 2.25. The number of hydrogen-bond acceptors (Lipinski definition) is 3. The fraction of sp³-hybridized carbons (Fsp3) is 0.667. The third-order valence-electron chi connectivity index (χ3n) is 3.85. The van der Waals surface area contributed by atoms with Gasteiger partial charge in [0.05, 0.1) is 4.88 Å². The van der Waals surface area contributed by atoms with Crippen LogP contribution in [-0.2, 0) is 6.42 Å². The van der Waals surface area contributed by atoms with Crippen LogP contribution in [0, 0.1) is 12.8 Å². The van der Waals surface area contributed by atoms with Gasteiger partial charge in [0.1, 0.15) is 0 Å². The van der Waals surface area contributed by atoms with E-state index in [4.69, 9.17) is 0 Å². The molecular formula is C15H24N2OS. The molecule has 0 aliphatic carbocycles. The van der Waals surface area contributed by atoms with E-state index in [1.54, 1.807) is 11.3 Å². The van der Waals surface area contributed by atoms with Gasteiger partial charge in [0.2, 0.25) is 0 Å². The zero-order valence-corrected chi connectivity index (χ0v) is 13.0. The largest absolute Gasteiger partial charge is 0.338 e. The molecule has 0 spiro atoms. The Labute approximate surface area is 120 Å². The van der Waals surface area contributed by atoms with E-state index in [-0.39, 0.29) is 5.91 Å². The predicted octanol–water partition coefficient (Wildman–Crippen LogP) is 2.69. The quantitative estimate of drug-likeness (QED) is 0.919. The van der Waals surface area contributed by atoms with Crippen LogP contribution < -0.4 is 5.32 Å². The van der Waals surface area contributed by atoms with Gasteiger partial charge in [-0.25, -0.2) is 0 Å². The van der Waals surface area contributed by atoms with Gasteiger partial charge in [0, 0.05) is 18.0 Å². The molecule has 0 saturated carbocycles. The van der Waals surface area contributed by atoms with Crippen molar-refractivity contribution in [2.75, 3.05) is 26.7 Å². The standard InChI is InChI=1S/C15H24N2OS/c1-4-13-11(2)8-14(19-13)15(18)17-7-5-6-12(10-17)9-16-3/h8,12,16H,4-7,9-10H2,1-3H3. The van der Waals surface area contributed by atoms with Crippen LogP contribution in [0.3, 0.4) is 0 Å². The number of nitrogens with one attached hydrogen (secondary N) is 1. The molecule has 1 fully saturated rings. The number of piperidine rings is 1. The molecule has 3 nitrogen and oxygen atoms in total. The molecule has 1 saturated heterocycles. The first-order valence-corrected chi connectivity index (χ1v) is 8.00. The average Bonchev–Trinajstić information content (AvgIpc) is 2.80. The van der Waals surface area contributed by atoms with Gasteiger partial charge < -0.3 is 10.2 Å². The number of amides is 1. The third kappa shape index (κ3) is 3.37. The van der Waals surface area contributed by atoms with Crippen LogP contribution in [0.1, 0.15) is 39.9 Å². The smallest absolute Gasteiger partial charge is 0.263 e. The summed E-state index contributed by atoms with van der Waals surface area (Å²) in [6.07, 6.45) is 3.38. The maximum atomic E-state index is 12.5. The van der Waals surface area contributed by atoms with Crippen molar-refractivity contribution in [3.05, 3.63) is 21.4 Å². The van der Waals surface area contributed by atoms with Crippen LogP contribution >= 0.6 is 11.3 Å². The maximum Gasteiger partial charge on any atom is 0.263 e. The van der Waals surface area contributed by atoms with Crippen molar-refractivity contribution in [3.63, 3.8) is 0 Å². The second-order valence-corrected chi connectivity index (χ2v) is 6.52. The Kier molecular flexibility index (Phi) is 4.99. The molecule has 1 amide bonds. The highest BCUT2D eigenvalue weighted by atomic mass is 32.1. The molecule has 2 heterocycles. The zero-order chi connectivity index (χ0) is 13.8. The summed E-state index contributed by atoms with van der Waals surface area (Å²) in [5.74, 6) is 0.836. The van der Waals surface area contributed by atoms with Crippen LogP contribution in [0.25, 0.3) is 0 Å². The van der Waals surface area contributed by atoms with E-state index >= 15 is 0 Å². The molecule has 4 heteroatoms. The van der Waals surface area contributed by atoms with E-state index in [9.17, 15) is 4.79 Å². The van der Waals surface area contributed by atoms with Crippen molar-refractivity contribution >= 4 is 17.2 Å². The number of nitrogens with zero attached hydrogens (tertiary/aromatic N) is 1. The van der Waals surface area contributed by atoms with Crippen LogP contribution in [0.15, 0.2) is 6.07 Å². The molecule has 1 atom stereocenters. The van der Waals surface area contributed by atoms with Crippen molar-refractivity contribution in [2.45, 2.75) is 33.1 Å². The van der Waals surface area contributed by atoms with Gasteiger partial charge in [-0.2, -0.15) is 0 Å². The lowest BCUT2D eigenvalue weighted by Crippen LogP contribution is -2.42. The highest BCUT2D eigenvalue weighted by molar-refractivity contribution is 7.14. The monoisotopic (exact) mass is 280 g/mol. The summed E-state index contributed by atoms with van der Waals surface area (Å²) in [6.45, 7) is 7.08. The molecule has 0 bridgehead atoms. The van der Waals surface area contributed by atoms with Gasteiger partial charge in [-0.15, -0.1) is 11.3 Å². The van der Waals surface area contributed by atoms with Crippen molar-refractivity contribution in [1.29, 1.82) is 0 Å². The number of hydrogen-bond donors (Lipinski definition) is 1. The van der Waals surface area contributed by atoms with Crippen LogP contribution in [-0.4, -0.2) is 37.5 Å². The normalized spacial score (nSPS) is 19.7. The third-order valence-corrected chi connectivity index (χ3v) is 5.22. The summed E-state index contributed by atoms with van der Waals surface area (Å²) in [5, 5.41) is 3.22. The summed E-state index contributed by atoms with van der Waals surface area (Å²) >= 11 is 1.67. The van der Waals surface area contributed by atoms with Crippen molar-refractivity contribution < 1.29 is 4.79 Å². The summed E-state index contributed by atoms with van der Waals surface area (Å²) in [7, 11) is 1.98. The molecule has 106 valence electrons. The Morgan fingerprint density at radius 3 is 3.00 bits per heavy atom. The lowest BCUT2D eigenvalue weighted by Gasteiger charge is -2.32. The second-order valence-electron chi connectivity index (χ2n) is 5.39. The molecule has 1 aromatic heterocycles. The fourth-order valence-corrected chi connectivity index (χ4v) is 3.92. The first-order chi connectivity index (χ1) is 9.15. The van der Waals surface area contributed by atoms with Gasteiger partial charge in [-0.05, 0) is 57.3 Å². The molecule has 1 aliphatic rings. The maximum absolute atomic E-state index is 12.5. The minimum absolute atomic E-state index is 0.230. The SMILES string of the molecule is CCc1sc(C(=O)N2CCCC(CNC)C2)cc1C. The first kappa shape index (κ1) is 14.5. The Bertz CT molecular complexity index is 439. The Hall–Kier alpha value is -0.870. The van der Waals surface area contributed by atoms with E-state index in [1.807, 2.05) is 11.9 Å². The molecule has 1 N–H and O–H groups in total. The van der Waals surface area contributed by atoms with Crippen LogP contribution in [0.4, 0.5) is 0 Å². The van der Waals surface area contributed by atoms with Crippen molar-refractivity contribution in [1.82, 2.24) is 10.2 Å². The lowest BCUT2D eigenvalue weighted by molar-refractivity contribution is 0.0679. The summed E-state index contributed by atoms with van der Waals surface area (Å²) in [6, 6.07) is 2.06. The van der Waals surface area contributed by atoms with Crippen molar-refractivity contribution in [3.8, 4) is 0 Å². The predicted molar refractivity (Wildman–Crippen MR) is 81.0 cm³/mol. The number of likely N-dealkylation sites (tertiary alicyclic amines) is 1. The zero-order valence-electron chi connectivity index (χ0n) is 12.2. The van der Waals surface area contributed by atoms with Gasteiger partial charge in [0.15, 0.2) is 0 Å². The van der Waals surface area contributed by atoms with E-state index < -0.39 is 0 Å². The summed E-state index contributed by atoms with van der Waals surface area (Å²) in [4.78, 5) is 16.8. The van der Waals surface area contributed by atoms with Crippen LogP contribution in [0.2, 0.25) is 0 Å². The van der Waals surface area contributed by atoms with Gasteiger partial charge in [0.25, 0.3) is 5.91 Å². The second kappa shape index (κ2) is 6.53. The highest BCUT2D eigenvalue weighted by Crippen LogP contribution is 2.25. The molecule has 19 heavy (non-hydrogen) atoms. The summed E-state index contributed by atoms with van der Waals surface area (Å²) in [5.41, 5.74) is 1.26. The number of thiophene rings is 1. The molecule has 1 aromatic rings. The van der Waals surface area contributed by atoms with Crippen LogP contribution in [0.5, 0.6) is 0 Å². The molecular weight excluding hydrogens is 256 g/mol. The lowest BCUT2D eigenvalue weighted by atomic mass is 9.98. The van der Waals surface area contributed by atoms with E-state index in [1.165, 1.54) is 16.9 Å². The van der Waals surface area contributed by atoms with E-state index in [0.717, 1.165) is 37.4 Å². The van der Waals surface area contributed by atoms with Gasteiger partial charge in [-0.3, -0.25) is 4.79 Å². The van der Waals surface area contributed by atoms with E-state index in [0.29, 0.717) is 5.92 Å². The molecule has 2 rings (SSSR count).